The summed E-state index contributed by atoms with van der Waals surface area (Å²) in [5.74, 6) is 0.229. The van der Waals surface area contributed by atoms with Crippen LogP contribution in [-0.4, -0.2) is 25.7 Å². The summed E-state index contributed by atoms with van der Waals surface area (Å²) in [4.78, 5) is 25.4. The standard InChI is InChI=1S/C22H23NO4/c1-3-26-14-8-13-23-22(25)18-12-7-11-17-19(24)15(2)20(27-21(17)18)16-9-5-4-6-10-16/h4-7,9-12H,3,8,13-14H2,1-2H3,(H,23,25). The largest absolute Gasteiger partial charge is 0.455 e. The van der Waals surface area contributed by atoms with E-state index in [-0.39, 0.29) is 11.3 Å². The number of ether oxygens (including phenoxy) is 1. The fourth-order valence-corrected chi connectivity index (χ4v) is 2.97. The Bertz CT molecular complexity index is 992. The van der Waals surface area contributed by atoms with Gasteiger partial charge in [-0.05, 0) is 32.4 Å². The molecule has 27 heavy (non-hydrogen) atoms. The van der Waals surface area contributed by atoms with Gasteiger partial charge in [0.05, 0.1) is 10.9 Å². The number of para-hydroxylation sites is 1. The van der Waals surface area contributed by atoms with Gasteiger partial charge in [0.25, 0.3) is 5.91 Å². The lowest BCUT2D eigenvalue weighted by Crippen LogP contribution is -2.25. The van der Waals surface area contributed by atoms with E-state index in [1.807, 2.05) is 37.3 Å². The zero-order valence-electron chi connectivity index (χ0n) is 15.6. The minimum Gasteiger partial charge on any atom is -0.455 e. The average molecular weight is 365 g/mol. The number of benzene rings is 2. The lowest BCUT2D eigenvalue weighted by Gasteiger charge is -2.11. The Morgan fingerprint density at radius 3 is 2.63 bits per heavy atom. The fourth-order valence-electron chi connectivity index (χ4n) is 2.97. The lowest BCUT2D eigenvalue weighted by atomic mass is 10.0. The number of hydrogen-bond acceptors (Lipinski definition) is 4. The van der Waals surface area contributed by atoms with E-state index < -0.39 is 0 Å². The number of carbonyl (C=O) groups is 1. The summed E-state index contributed by atoms with van der Waals surface area (Å²) in [5.41, 5.74) is 1.89. The second-order valence-electron chi connectivity index (χ2n) is 6.24. The summed E-state index contributed by atoms with van der Waals surface area (Å²) < 4.78 is 11.3. The lowest BCUT2D eigenvalue weighted by molar-refractivity contribution is 0.0945. The van der Waals surface area contributed by atoms with Crippen molar-refractivity contribution in [3.63, 3.8) is 0 Å². The molecule has 3 aromatic rings. The molecule has 140 valence electrons. The van der Waals surface area contributed by atoms with Crippen molar-refractivity contribution in [1.82, 2.24) is 5.32 Å². The number of hydrogen-bond donors (Lipinski definition) is 1. The van der Waals surface area contributed by atoms with E-state index in [2.05, 4.69) is 5.32 Å². The third-order valence-electron chi connectivity index (χ3n) is 4.38. The van der Waals surface area contributed by atoms with Gasteiger partial charge in [0, 0.05) is 30.9 Å². The molecule has 1 N–H and O–H groups in total. The van der Waals surface area contributed by atoms with Gasteiger partial charge in [-0.1, -0.05) is 36.4 Å². The molecule has 0 radical (unpaired) electrons. The summed E-state index contributed by atoms with van der Waals surface area (Å²) in [6.07, 6.45) is 0.725. The molecule has 3 rings (SSSR count). The van der Waals surface area contributed by atoms with Crippen molar-refractivity contribution in [2.45, 2.75) is 20.3 Å². The molecule has 2 aromatic carbocycles. The van der Waals surface area contributed by atoms with Gasteiger partial charge in [0.2, 0.25) is 0 Å². The van der Waals surface area contributed by atoms with Crippen molar-refractivity contribution in [2.24, 2.45) is 0 Å². The highest BCUT2D eigenvalue weighted by Gasteiger charge is 2.18. The molecule has 0 aliphatic rings. The first kappa shape index (κ1) is 18.9. The van der Waals surface area contributed by atoms with E-state index in [0.717, 1.165) is 12.0 Å². The van der Waals surface area contributed by atoms with Crippen LogP contribution in [0.1, 0.15) is 29.3 Å². The van der Waals surface area contributed by atoms with Crippen LogP contribution in [0.3, 0.4) is 0 Å². The van der Waals surface area contributed by atoms with Gasteiger partial charge in [0.1, 0.15) is 5.76 Å². The smallest absolute Gasteiger partial charge is 0.255 e. The number of fused-ring (bicyclic) bond motifs is 1. The minimum absolute atomic E-state index is 0.124. The molecule has 0 saturated heterocycles. The van der Waals surface area contributed by atoms with E-state index in [1.165, 1.54) is 0 Å². The van der Waals surface area contributed by atoms with Gasteiger partial charge in [-0.2, -0.15) is 0 Å². The van der Waals surface area contributed by atoms with Crippen molar-refractivity contribution in [3.05, 3.63) is 69.9 Å². The molecule has 5 nitrogen and oxygen atoms in total. The summed E-state index contributed by atoms with van der Waals surface area (Å²) in [6.45, 7) is 5.43. The molecule has 0 fully saturated rings. The summed E-state index contributed by atoms with van der Waals surface area (Å²) in [5, 5.41) is 3.27. The Labute approximate surface area is 158 Å². The predicted octanol–water partition coefficient (Wildman–Crippen LogP) is 3.92. The first-order valence-electron chi connectivity index (χ1n) is 9.11. The summed E-state index contributed by atoms with van der Waals surface area (Å²) in [6, 6.07) is 14.5. The molecule has 1 amide bonds. The molecular formula is C22H23NO4. The van der Waals surface area contributed by atoms with Crippen LogP contribution in [0.5, 0.6) is 0 Å². The number of amides is 1. The highest BCUT2D eigenvalue weighted by Crippen LogP contribution is 2.27. The third-order valence-corrected chi connectivity index (χ3v) is 4.38. The van der Waals surface area contributed by atoms with Crippen LogP contribution in [0, 0.1) is 6.92 Å². The maximum Gasteiger partial charge on any atom is 0.255 e. The van der Waals surface area contributed by atoms with Crippen LogP contribution in [-0.2, 0) is 4.74 Å². The number of nitrogens with one attached hydrogen (secondary N) is 1. The van der Waals surface area contributed by atoms with Gasteiger partial charge in [0.15, 0.2) is 11.0 Å². The topological polar surface area (TPSA) is 68.5 Å². The van der Waals surface area contributed by atoms with E-state index in [0.29, 0.717) is 47.6 Å². The molecule has 0 unspecified atom stereocenters. The first-order valence-corrected chi connectivity index (χ1v) is 9.11. The molecule has 0 bridgehead atoms. The van der Waals surface area contributed by atoms with Gasteiger partial charge in [-0.25, -0.2) is 0 Å². The van der Waals surface area contributed by atoms with Crippen LogP contribution in [0.15, 0.2) is 57.7 Å². The molecule has 1 heterocycles. The molecule has 0 aliphatic heterocycles. The quantitative estimate of drug-likeness (QED) is 0.644. The zero-order valence-corrected chi connectivity index (χ0v) is 15.6. The second-order valence-corrected chi connectivity index (χ2v) is 6.24. The van der Waals surface area contributed by atoms with Gasteiger partial charge >= 0.3 is 0 Å². The zero-order chi connectivity index (χ0) is 19.2. The van der Waals surface area contributed by atoms with Crippen molar-refractivity contribution in [3.8, 4) is 11.3 Å². The van der Waals surface area contributed by atoms with Crippen molar-refractivity contribution >= 4 is 16.9 Å². The minimum atomic E-state index is -0.261. The molecular weight excluding hydrogens is 342 g/mol. The van der Waals surface area contributed by atoms with E-state index >= 15 is 0 Å². The van der Waals surface area contributed by atoms with Crippen molar-refractivity contribution in [1.29, 1.82) is 0 Å². The van der Waals surface area contributed by atoms with Crippen LogP contribution in [0.25, 0.3) is 22.3 Å². The van der Waals surface area contributed by atoms with Gasteiger partial charge in [-0.3, -0.25) is 9.59 Å². The van der Waals surface area contributed by atoms with Crippen molar-refractivity contribution < 1.29 is 13.9 Å². The van der Waals surface area contributed by atoms with E-state index in [1.54, 1.807) is 25.1 Å². The molecule has 1 aromatic heterocycles. The number of carbonyl (C=O) groups excluding carboxylic acids is 1. The maximum absolute atomic E-state index is 12.8. The highest BCUT2D eigenvalue weighted by atomic mass is 16.5. The Morgan fingerprint density at radius 1 is 1.11 bits per heavy atom. The second kappa shape index (κ2) is 8.64. The van der Waals surface area contributed by atoms with Crippen LogP contribution in [0.2, 0.25) is 0 Å². The third kappa shape index (κ3) is 4.09. The molecule has 0 atom stereocenters. The Morgan fingerprint density at radius 2 is 1.89 bits per heavy atom. The SMILES string of the molecule is CCOCCCNC(=O)c1cccc2c(=O)c(C)c(-c3ccccc3)oc12. The summed E-state index contributed by atoms with van der Waals surface area (Å²) in [7, 11) is 0. The number of rotatable bonds is 7. The Balaban J connectivity index is 1.98. The van der Waals surface area contributed by atoms with Crippen molar-refractivity contribution in [2.75, 3.05) is 19.8 Å². The highest BCUT2D eigenvalue weighted by molar-refractivity contribution is 6.05. The Hall–Kier alpha value is -2.92. The Kier molecular flexibility index (Phi) is 6.04. The molecule has 5 heteroatoms. The molecule has 0 spiro atoms. The average Bonchev–Trinajstić information content (AvgIpc) is 2.70. The predicted molar refractivity (Wildman–Crippen MR) is 106 cm³/mol. The van der Waals surface area contributed by atoms with E-state index in [9.17, 15) is 9.59 Å². The fraction of sp³-hybridized carbons (Fsp3) is 0.273. The molecule has 0 saturated carbocycles. The van der Waals surface area contributed by atoms with Crippen LogP contribution in [0.4, 0.5) is 0 Å². The molecule has 0 aliphatic carbocycles. The van der Waals surface area contributed by atoms with Crippen LogP contribution < -0.4 is 10.7 Å². The van der Waals surface area contributed by atoms with Gasteiger partial charge < -0.3 is 14.5 Å². The maximum atomic E-state index is 12.8. The summed E-state index contributed by atoms with van der Waals surface area (Å²) >= 11 is 0. The first-order chi connectivity index (χ1) is 13.1. The van der Waals surface area contributed by atoms with E-state index in [4.69, 9.17) is 9.15 Å². The normalized spacial score (nSPS) is 10.9. The van der Waals surface area contributed by atoms with Gasteiger partial charge in [-0.15, -0.1) is 0 Å². The monoisotopic (exact) mass is 365 g/mol. The van der Waals surface area contributed by atoms with Crippen LogP contribution >= 0.6 is 0 Å².